The fraction of sp³-hybridized carbons (Fsp3) is 0.417. The molecule has 0 heterocycles. The third-order valence-corrected chi connectivity index (χ3v) is 2.90. The number of hydrogen-bond donors (Lipinski definition) is 0. The van der Waals surface area contributed by atoms with Gasteiger partial charge in [0.05, 0.1) is 17.0 Å². The summed E-state index contributed by atoms with van der Waals surface area (Å²) in [6.07, 6.45) is 0. The molecule has 1 amide bonds. The molecule has 0 aliphatic carbocycles. The van der Waals surface area contributed by atoms with Crippen LogP contribution < -0.4 is 0 Å². The van der Waals surface area contributed by atoms with E-state index < -0.39 is 17.5 Å². The quantitative estimate of drug-likeness (QED) is 0.780. The molecule has 1 rings (SSSR count). The molecule has 1 atom stereocenters. The van der Waals surface area contributed by atoms with E-state index in [1.807, 2.05) is 0 Å². The maximum atomic E-state index is 13.4. The number of alkyl halides is 1. The van der Waals surface area contributed by atoms with Crippen LogP contribution in [0.2, 0.25) is 0 Å². The normalized spacial score (nSPS) is 12.3. The minimum atomic E-state index is -1.12. The van der Waals surface area contributed by atoms with Gasteiger partial charge in [-0.2, -0.15) is 0 Å². The van der Waals surface area contributed by atoms with Gasteiger partial charge in [-0.1, -0.05) is 22.0 Å². The van der Waals surface area contributed by atoms with Crippen LogP contribution in [-0.2, 0) is 4.74 Å². The maximum absolute atomic E-state index is 13.4. The van der Waals surface area contributed by atoms with E-state index in [1.54, 1.807) is 7.11 Å². The third kappa shape index (κ3) is 3.74. The number of methoxy groups -OCH3 is 1. The molecule has 1 aromatic rings. The SMILES string of the molecule is COCC(Br)CN(C)C(=O)c1cccc(F)c1F. The molecule has 0 N–H and O–H groups in total. The van der Waals surface area contributed by atoms with Crippen LogP contribution in [0.1, 0.15) is 10.4 Å². The summed E-state index contributed by atoms with van der Waals surface area (Å²) in [5.74, 6) is -2.71. The van der Waals surface area contributed by atoms with Gasteiger partial charge in [0.25, 0.3) is 5.91 Å². The molecule has 1 unspecified atom stereocenters. The van der Waals surface area contributed by atoms with Crippen molar-refractivity contribution in [2.75, 3.05) is 27.3 Å². The largest absolute Gasteiger partial charge is 0.383 e. The zero-order chi connectivity index (χ0) is 13.7. The Morgan fingerprint density at radius 1 is 1.50 bits per heavy atom. The van der Waals surface area contributed by atoms with Crippen molar-refractivity contribution in [1.82, 2.24) is 4.90 Å². The summed E-state index contributed by atoms with van der Waals surface area (Å²) < 4.78 is 31.4. The maximum Gasteiger partial charge on any atom is 0.256 e. The van der Waals surface area contributed by atoms with Crippen LogP contribution in [0.25, 0.3) is 0 Å². The van der Waals surface area contributed by atoms with Gasteiger partial charge in [-0.25, -0.2) is 8.78 Å². The van der Waals surface area contributed by atoms with Crippen molar-refractivity contribution in [2.45, 2.75) is 4.83 Å². The van der Waals surface area contributed by atoms with Crippen molar-refractivity contribution in [3.8, 4) is 0 Å². The molecule has 0 radical (unpaired) electrons. The lowest BCUT2D eigenvalue weighted by molar-refractivity contribution is 0.0778. The van der Waals surface area contributed by atoms with Gasteiger partial charge in [0, 0.05) is 20.7 Å². The van der Waals surface area contributed by atoms with E-state index in [-0.39, 0.29) is 10.4 Å². The topological polar surface area (TPSA) is 29.5 Å². The predicted molar refractivity (Wildman–Crippen MR) is 67.9 cm³/mol. The summed E-state index contributed by atoms with van der Waals surface area (Å²) in [4.78, 5) is 13.2. The number of amides is 1. The first-order chi connectivity index (χ1) is 8.47. The van der Waals surface area contributed by atoms with Crippen molar-refractivity contribution < 1.29 is 18.3 Å². The molecular weight excluding hydrogens is 308 g/mol. The highest BCUT2D eigenvalue weighted by Crippen LogP contribution is 2.14. The molecule has 1 aromatic carbocycles. The molecule has 0 aromatic heterocycles. The highest BCUT2D eigenvalue weighted by atomic mass is 79.9. The Morgan fingerprint density at radius 2 is 2.17 bits per heavy atom. The Hall–Kier alpha value is -1.01. The van der Waals surface area contributed by atoms with Crippen molar-refractivity contribution in [2.24, 2.45) is 0 Å². The minimum absolute atomic E-state index is 0.0620. The number of hydrogen-bond acceptors (Lipinski definition) is 2. The fourth-order valence-corrected chi connectivity index (χ4v) is 2.19. The Kier molecular flexibility index (Phi) is 5.68. The van der Waals surface area contributed by atoms with Crippen LogP contribution in [0, 0.1) is 11.6 Å². The van der Waals surface area contributed by atoms with E-state index in [1.165, 1.54) is 24.1 Å². The molecule has 0 aliphatic rings. The first-order valence-electron chi connectivity index (χ1n) is 5.29. The second-order valence-electron chi connectivity index (χ2n) is 3.84. The number of nitrogens with zero attached hydrogens (tertiary/aromatic N) is 1. The second-order valence-corrected chi connectivity index (χ2v) is 5.13. The number of rotatable bonds is 5. The molecule has 0 bridgehead atoms. The Bertz CT molecular complexity index is 429. The van der Waals surface area contributed by atoms with E-state index in [0.717, 1.165) is 6.07 Å². The van der Waals surface area contributed by atoms with Crippen molar-refractivity contribution in [3.05, 3.63) is 35.4 Å². The van der Waals surface area contributed by atoms with Gasteiger partial charge in [-0.05, 0) is 12.1 Å². The monoisotopic (exact) mass is 321 g/mol. The highest BCUT2D eigenvalue weighted by molar-refractivity contribution is 9.09. The van der Waals surface area contributed by atoms with Gasteiger partial charge < -0.3 is 9.64 Å². The summed E-state index contributed by atoms with van der Waals surface area (Å²) >= 11 is 3.33. The highest BCUT2D eigenvalue weighted by Gasteiger charge is 2.20. The summed E-state index contributed by atoms with van der Waals surface area (Å²) in [7, 11) is 3.07. The van der Waals surface area contributed by atoms with Crippen molar-refractivity contribution in [1.29, 1.82) is 0 Å². The van der Waals surface area contributed by atoms with Gasteiger partial charge in [-0.3, -0.25) is 4.79 Å². The second kappa shape index (κ2) is 6.80. The Labute approximate surface area is 113 Å². The van der Waals surface area contributed by atoms with Gasteiger partial charge in [0.15, 0.2) is 11.6 Å². The molecule has 0 saturated heterocycles. The summed E-state index contributed by atoms with van der Waals surface area (Å²) in [6, 6.07) is 3.54. The number of benzene rings is 1. The van der Waals surface area contributed by atoms with E-state index in [4.69, 9.17) is 4.74 Å². The Morgan fingerprint density at radius 3 is 2.78 bits per heavy atom. The van der Waals surface area contributed by atoms with Crippen molar-refractivity contribution >= 4 is 21.8 Å². The summed E-state index contributed by atoms with van der Waals surface area (Å²) in [5.41, 5.74) is -0.269. The number of carbonyl (C=O) groups excluding carboxylic acids is 1. The summed E-state index contributed by atoms with van der Waals surface area (Å²) in [6.45, 7) is 0.756. The van der Waals surface area contributed by atoms with Gasteiger partial charge in [-0.15, -0.1) is 0 Å². The lowest BCUT2D eigenvalue weighted by atomic mass is 10.2. The average Bonchev–Trinajstić information content (AvgIpc) is 2.32. The smallest absolute Gasteiger partial charge is 0.256 e. The number of carbonyl (C=O) groups is 1. The zero-order valence-corrected chi connectivity index (χ0v) is 11.7. The van der Waals surface area contributed by atoms with E-state index in [0.29, 0.717) is 13.2 Å². The van der Waals surface area contributed by atoms with Crippen LogP contribution in [0.15, 0.2) is 18.2 Å². The molecule has 0 saturated carbocycles. The third-order valence-electron chi connectivity index (χ3n) is 2.35. The van der Waals surface area contributed by atoms with Gasteiger partial charge >= 0.3 is 0 Å². The number of ether oxygens (including phenoxy) is 1. The van der Waals surface area contributed by atoms with Crippen molar-refractivity contribution in [3.63, 3.8) is 0 Å². The first-order valence-corrected chi connectivity index (χ1v) is 6.21. The van der Waals surface area contributed by atoms with E-state index in [2.05, 4.69) is 15.9 Å². The number of halogens is 3. The zero-order valence-electron chi connectivity index (χ0n) is 10.1. The first kappa shape index (κ1) is 15.0. The lowest BCUT2D eigenvalue weighted by Crippen LogP contribution is -2.34. The van der Waals surface area contributed by atoms with Gasteiger partial charge in [0.2, 0.25) is 0 Å². The van der Waals surface area contributed by atoms with E-state index >= 15 is 0 Å². The molecule has 0 spiro atoms. The van der Waals surface area contributed by atoms with Crippen LogP contribution in [0.3, 0.4) is 0 Å². The minimum Gasteiger partial charge on any atom is -0.383 e. The van der Waals surface area contributed by atoms with Crippen LogP contribution in [0.5, 0.6) is 0 Å². The summed E-state index contributed by atoms with van der Waals surface area (Å²) in [5, 5.41) is 0. The van der Waals surface area contributed by atoms with Crippen LogP contribution in [-0.4, -0.2) is 42.9 Å². The fourth-order valence-electron chi connectivity index (χ4n) is 1.49. The Balaban J connectivity index is 2.77. The molecule has 3 nitrogen and oxygen atoms in total. The molecular formula is C12H14BrF2NO2. The lowest BCUT2D eigenvalue weighted by Gasteiger charge is -2.20. The predicted octanol–water partition coefficient (Wildman–Crippen LogP) is 2.45. The molecule has 100 valence electrons. The van der Waals surface area contributed by atoms with Crippen LogP contribution >= 0.6 is 15.9 Å². The van der Waals surface area contributed by atoms with Gasteiger partial charge in [0.1, 0.15) is 0 Å². The molecule has 0 aliphatic heterocycles. The average molecular weight is 322 g/mol. The molecule has 6 heteroatoms. The molecule has 18 heavy (non-hydrogen) atoms. The van der Waals surface area contributed by atoms with E-state index in [9.17, 15) is 13.6 Å². The van der Waals surface area contributed by atoms with Crippen LogP contribution in [0.4, 0.5) is 8.78 Å². The standard InChI is InChI=1S/C12H14BrF2NO2/c1-16(6-8(13)7-18-2)12(17)9-4-3-5-10(14)11(9)15/h3-5,8H,6-7H2,1-2H3. The molecule has 0 fully saturated rings.